The lowest BCUT2D eigenvalue weighted by Gasteiger charge is -2.46. The van der Waals surface area contributed by atoms with Crippen LogP contribution in [0, 0.1) is 0 Å². The van der Waals surface area contributed by atoms with E-state index < -0.39 is 11.6 Å². The number of carboxylic acid groups (broad SMARTS) is 1. The number of rotatable bonds is 1. The molecule has 3 N–H and O–H groups in total. The summed E-state index contributed by atoms with van der Waals surface area (Å²) in [6.07, 6.45) is 0.250. The van der Waals surface area contributed by atoms with Crippen molar-refractivity contribution in [1.29, 1.82) is 0 Å². The Kier molecular flexibility index (Phi) is 2.25. The van der Waals surface area contributed by atoms with Crippen LogP contribution in [0.25, 0.3) is 0 Å². The van der Waals surface area contributed by atoms with Crippen molar-refractivity contribution >= 4 is 18.2 Å². The zero-order chi connectivity index (χ0) is 13.6. The van der Waals surface area contributed by atoms with Gasteiger partial charge in [-0.1, -0.05) is 17.3 Å². The smallest absolute Gasteiger partial charge is 0.407 e. The first-order valence-electron chi connectivity index (χ1n) is 5.68. The molecule has 2 aliphatic rings. The average Bonchev–Trinajstić information content (AvgIpc) is 2.61. The molecule has 0 aromatic heterocycles. The minimum Gasteiger partial charge on any atom is -0.465 e. The third kappa shape index (κ3) is 1.55. The predicted molar refractivity (Wildman–Crippen MR) is 64.6 cm³/mol. The standard InChI is InChI=1S/C12H11N3O4/c16-10-8-3-7(4-13-19)1-2-9(8)12(14-10)5-15(6-12)11(17)18/h1-4,19H,5-6H2,(H,14,16)(H,17,18)/b13-4-. The topological polar surface area (TPSA) is 102 Å². The number of nitrogens with one attached hydrogen (secondary N) is 1. The van der Waals surface area contributed by atoms with E-state index in [1.165, 1.54) is 11.1 Å². The lowest BCUT2D eigenvalue weighted by molar-refractivity contribution is 0.0433. The van der Waals surface area contributed by atoms with Crippen molar-refractivity contribution in [1.82, 2.24) is 10.2 Å². The second-order valence-electron chi connectivity index (χ2n) is 4.72. The van der Waals surface area contributed by atoms with E-state index in [-0.39, 0.29) is 19.0 Å². The summed E-state index contributed by atoms with van der Waals surface area (Å²) < 4.78 is 0. The molecule has 2 heterocycles. The van der Waals surface area contributed by atoms with Crippen LogP contribution in [-0.4, -0.2) is 46.5 Å². The van der Waals surface area contributed by atoms with Crippen LogP contribution in [0.5, 0.6) is 0 Å². The number of oxime groups is 1. The first kappa shape index (κ1) is 11.5. The summed E-state index contributed by atoms with van der Waals surface area (Å²) in [6.45, 7) is 0.517. The Bertz CT molecular complexity index is 605. The maximum Gasteiger partial charge on any atom is 0.407 e. The van der Waals surface area contributed by atoms with E-state index in [0.29, 0.717) is 11.1 Å². The summed E-state index contributed by atoms with van der Waals surface area (Å²) in [5.74, 6) is -0.228. The van der Waals surface area contributed by atoms with Gasteiger partial charge in [-0.25, -0.2) is 4.79 Å². The van der Waals surface area contributed by atoms with E-state index in [2.05, 4.69) is 10.5 Å². The molecule has 3 rings (SSSR count). The minimum atomic E-state index is -0.989. The average molecular weight is 261 g/mol. The molecule has 0 radical (unpaired) electrons. The van der Waals surface area contributed by atoms with E-state index in [9.17, 15) is 9.59 Å². The molecule has 1 spiro atoms. The number of hydrogen-bond acceptors (Lipinski definition) is 4. The normalized spacial score (nSPS) is 19.4. The van der Waals surface area contributed by atoms with Gasteiger partial charge in [-0.15, -0.1) is 0 Å². The molecule has 19 heavy (non-hydrogen) atoms. The number of carbonyl (C=O) groups is 2. The zero-order valence-corrected chi connectivity index (χ0v) is 9.83. The van der Waals surface area contributed by atoms with E-state index in [0.717, 1.165) is 5.56 Å². The van der Waals surface area contributed by atoms with Gasteiger partial charge in [0.25, 0.3) is 5.91 Å². The Balaban J connectivity index is 1.96. The van der Waals surface area contributed by atoms with E-state index >= 15 is 0 Å². The van der Waals surface area contributed by atoms with Crippen molar-refractivity contribution in [3.63, 3.8) is 0 Å². The van der Waals surface area contributed by atoms with Crippen LogP contribution in [0.2, 0.25) is 0 Å². The van der Waals surface area contributed by atoms with Gasteiger partial charge >= 0.3 is 6.09 Å². The Morgan fingerprint density at radius 1 is 1.47 bits per heavy atom. The van der Waals surface area contributed by atoms with Crippen LogP contribution in [0.3, 0.4) is 0 Å². The lowest BCUT2D eigenvalue weighted by atomic mass is 9.83. The van der Waals surface area contributed by atoms with Crippen molar-refractivity contribution in [2.24, 2.45) is 5.16 Å². The fraction of sp³-hybridized carbons (Fsp3) is 0.250. The number of likely N-dealkylation sites (tertiary alicyclic amines) is 1. The van der Waals surface area contributed by atoms with Crippen LogP contribution in [-0.2, 0) is 5.54 Å². The van der Waals surface area contributed by atoms with Crippen molar-refractivity contribution in [3.05, 3.63) is 34.9 Å². The van der Waals surface area contributed by atoms with Crippen molar-refractivity contribution in [2.75, 3.05) is 13.1 Å². The highest BCUT2D eigenvalue weighted by Gasteiger charge is 2.53. The third-order valence-electron chi connectivity index (χ3n) is 3.56. The molecule has 7 nitrogen and oxygen atoms in total. The van der Waals surface area contributed by atoms with Gasteiger partial charge in [-0.3, -0.25) is 4.79 Å². The maximum atomic E-state index is 11.9. The lowest BCUT2D eigenvalue weighted by Crippen LogP contribution is -2.66. The van der Waals surface area contributed by atoms with Gasteiger partial charge in [-0.05, 0) is 17.2 Å². The SMILES string of the molecule is O=C1NC2(CN(C(=O)O)C2)c2ccc(/C=N\O)cc21. The quantitative estimate of drug-likeness (QED) is 0.387. The molecular weight excluding hydrogens is 250 g/mol. The molecule has 7 heteroatoms. The number of carbonyl (C=O) groups excluding carboxylic acids is 1. The van der Waals surface area contributed by atoms with Gasteiger partial charge in [0, 0.05) is 5.56 Å². The van der Waals surface area contributed by atoms with Gasteiger partial charge < -0.3 is 20.5 Å². The molecule has 0 atom stereocenters. The van der Waals surface area contributed by atoms with Crippen molar-refractivity contribution < 1.29 is 19.9 Å². The molecule has 0 unspecified atom stereocenters. The van der Waals surface area contributed by atoms with Crippen LogP contribution < -0.4 is 5.32 Å². The third-order valence-corrected chi connectivity index (χ3v) is 3.56. The molecule has 1 aromatic carbocycles. The number of amides is 2. The molecule has 1 saturated heterocycles. The first-order valence-corrected chi connectivity index (χ1v) is 5.68. The molecule has 2 amide bonds. The van der Waals surface area contributed by atoms with Crippen LogP contribution in [0.1, 0.15) is 21.5 Å². The summed E-state index contributed by atoms with van der Waals surface area (Å²) in [5.41, 5.74) is 1.31. The summed E-state index contributed by atoms with van der Waals surface area (Å²) in [4.78, 5) is 24.0. The van der Waals surface area contributed by atoms with Crippen LogP contribution in [0.15, 0.2) is 23.4 Å². The fourth-order valence-corrected chi connectivity index (χ4v) is 2.66. The summed E-state index contributed by atoms with van der Waals surface area (Å²) in [6, 6.07) is 5.12. The second-order valence-corrected chi connectivity index (χ2v) is 4.72. The van der Waals surface area contributed by atoms with Gasteiger partial charge in [0.2, 0.25) is 0 Å². The number of fused-ring (bicyclic) bond motifs is 2. The van der Waals surface area contributed by atoms with Gasteiger partial charge in [0.05, 0.1) is 19.3 Å². The van der Waals surface area contributed by atoms with Gasteiger partial charge in [0.1, 0.15) is 5.54 Å². The monoisotopic (exact) mass is 261 g/mol. The number of benzene rings is 1. The molecule has 1 fully saturated rings. The number of nitrogens with zero attached hydrogens (tertiary/aromatic N) is 2. The molecule has 2 aliphatic heterocycles. The second kappa shape index (κ2) is 3.71. The molecule has 1 aromatic rings. The van der Waals surface area contributed by atoms with Crippen LogP contribution in [0.4, 0.5) is 4.79 Å². The molecule has 0 aliphatic carbocycles. The first-order chi connectivity index (χ1) is 9.05. The Morgan fingerprint density at radius 2 is 2.21 bits per heavy atom. The summed E-state index contributed by atoms with van der Waals surface area (Å²) in [5, 5.41) is 23.1. The predicted octanol–water partition coefficient (Wildman–Crippen LogP) is 0.427. The van der Waals surface area contributed by atoms with Gasteiger partial charge in [0.15, 0.2) is 0 Å². The Hall–Kier alpha value is -2.57. The summed E-state index contributed by atoms with van der Waals surface area (Å²) in [7, 11) is 0. The summed E-state index contributed by atoms with van der Waals surface area (Å²) >= 11 is 0. The highest BCUT2D eigenvalue weighted by Crippen LogP contribution is 2.38. The van der Waals surface area contributed by atoms with E-state index in [1.807, 2.05) is 0 Å². The van der Waals surface area contributed by atoms with Gasteiger partial charge in [-0.2, -0.15) is 0 Å². The Morgan fingerprint density at radius 3 is 2.84 bits per heavy atom. The Labute approximate surface area is 108 Å². The van der Waals surface area contributed by atoms with Crippen LogP contribution >= 0.6 is 0 Å². The highest BCUT2D eigenvalue weighted by atomic mass is 16.4. The minimum absolute atomic E-state index is 0.228. The molecule has 98 valence electrons. The van der Waals surface area contributed by atoms with E-state index in [1.54, 1.807) is 18.2 Å². The molecule has 0 bridgehead atoms. The largest absolute Gasteiger partial charge is 0.465 e. The number of hydrogen-bond donors (Lipinski definition) is 3. The van der Waals surface area contributed by atoms with Crippen molar-refractivity contribution in [2.45, 2.75) is 5.54 Å². The molecule has 0 saturated carbocycles. The fourth-order valence-electron chi connectivity index (χ4n) is 2.66. The molecular formula is C12H11N3O4. The highest BCUT2D eigenvalue weighted by molar-refractivity contribution is 6.02. The maximum absolute atomic E-state index is 11.9. The van der Waals surface area contributed by atoms with E-state index in [4.69, 9.17) is 10.3 Å². The zero-order valence-electron chi connectivity index (χ0n) is 9.83. The van der Waals surface area contributed by atoms with Crippen molar-refractivity contribution in [3.8, 4) is 0 Å².